The van der Waals surface area contributed by atoms with Gasteiger partial charge < -0.3 is 9.38 Å². The van der Waals surface area contributed by atoms with E-state index in [1.165, 1.54) is 38.5 Å². The number of rotatable bonds is 6. The summed E-state index contributed by atoms with van der Waals surface area (Å²) in [5, 5.41) is 0. The van der Waals surface area contributed by atoms with Crippen molar-refractivity contribution in [1.82, 2.24) is 9.38 Å². The van der Waals surface area contributed by atoms with E-state index in [4.69, 9.17) is 0 Å². The van der Waals surface area contributed by atoms with Gasteiger partial charge in [0.15, 0.2) is 5.43 Å². The summed E-state index contributed by atoms with van der Waals surface area (Å²) < 4.78 is 2.00. The predicted octanol–water partition coefficient (Wildman–Crippen LogP) is 4.17. The molecule has 0 radical (unpaired) electrons. The number of aromatic nitrogens is 2. The largest absolute Gasteiger partial charge is 0.346 e. The second-order valence-electron chi connectivity index (χ2n) is 6.68. The second-order valence-corrected chi connectivity index (χ2v) is 6.68. The van der Waals surface area contributed by atoms with Gasteiger partial charge in [0.2, 0.25) is 0 Å². The van der Waals surface area contributed by atoms with Crippen LogP contribution in [0.15, 0.2) is 29.5 Å². The van der Waals surface area contributed by atoms with Gasteiger partial charge in [0.1, 0.15) is 5.65 Å². The number of imidazole rings is 1. The lowest BCUT2D eigenvalue weighted by atomic mass is 9.92. The van der Waals surface area contributed by atoms with Crippen molar-refractivity contribution in [2.45, 2.75) is 58.3 Å². The average Bonchev–Trinajstić information content (AvgIpc) is 3.07. The van der Waals surface area contributed by atoms with Crippen molar-refractivity contribution >= 4 is 5.65 Å². The summed E-state index contributed by atoms with van der Waals surface area (Å²) in [6, 6.07) is 1.70. The van der Waals surface area contributed by atoms with Gasteiger partial charge in [0.05, 0.1) is 0 Å². The smallest absolute Gasteiger partial charge is 0.186 e. The topological polar surface area (TPSA) is 37.3 Å². The summed E-state index contributed by atoms with van der Waals surface area (Å²) in [7, 11) is 0. The van der Waals surface area contributed by atoms with Crippen LogP contribution in [0.3, 0.4) is 0 Å². The molecule has 3 heteroatoms. The highest BCUT2D eigenvalue weighted by Gasteiger charge is 2.22. The quantitative estimate of drug-likeness (QED) is 0.795. The highest BCUT2D eigenvalue weighted by molar-refractivity contribution is 5.39. The summed E-state index contributed by atoms with van der Waals surface area (Å²) in [5.74, 6) is 1.90. The van der Waals surface area contributed by atoms with Crippen LogP contribution < -0.4 is 5.43 Å². The van der Waals surface area contributed by atoms with E-state index in [1.54, 1.807) is 6.07 Å². The molecule has 3 nitrogen and oxygen atoms in total. The zero-order chi connectivity index (χ0) is 14.7. The molecule has 2 atom stereocenters. The summed E-state index contributed by atoms with van der Waals surface area (Å²) in [5.41, 5.74) is 1.99. The van der Waals surface area contributed by atoms with E-state index in [-0.39, 0.29) is 5.43 Å². The first-order chi connectivity index (χ1) is 10.2. The molecule has 1 saturated carbocycles. The maximum absolute atomic E-state index is 12.0. The lowest BCUT2D eigenvalue weighted by molar-refractivity contribution is 0.375. The zero-order valence-corrected chi connectivity index (χ0v) is 13.0. The molecule has 1 N–H and O–H groups in total. The zero-order valence-electron chi connectivity index (χ0n) is 13.0. The van der Waals surface area contributed by atoms with Gasteiger partial charge in [-0.15, -0.1) is 0 Å². The number of nitrogens with one attached hydrogen (secondary N) is 1. The molecule has 0 aromatic carbocycles. The Labute approximate surface area is 126 Å². The number of fused-ring (bicyclic) bond motifs is 1. The van der Waals surface area contributed by atoms with Crippen molar-refractivity contribution in [2.24, 2.45) is 11.8 Å². The van der Waals surface area contributed by atoms with Crippen molar-refractivity contribution in [1.29, 1.82) is 0 Å². The summed E-state index contributed by atoms with van der Waals surface area (Å²) in [6.07, 6.45) is 16.1. The third-order valence-electron chi connectivity index (χ3n) is 5.18. The lowest BCUT2D eigenvalue weighted by Crippen LogP contribution is -2.09. The van der Waals surface area contributed by atoms with Crippen LogP contribution >= 0.6 is 0 Å². The van der Waals surface area contributed by atoms with Crippen LogP contribution in [0.1, 0.15) is 57.4 Å². The Hall–Kier alpha value is -1.51. The van der Waals surface area contributed by atoms with Crippen LogP contribution in [0.2, 0.25) is 0 Å². The molecule has 114 valence electrons. The van der Waals surface area contributed by atoms with Gasteiger partial charge in [-0.05, 0) is 24.7 Å². The fourth-order valence-electron chi connectivity index (χ4n) is 3.77. The van der Waals surface area contributed by atoms with Crippen LogP contribution in [0.5, 0.6) is 0 Å². The highest BCUT2D eigenvalue weighted by atomic mass is 16.1. The number of hydrogen-bond acceptors (Lipinski definition) is 1. The molecule has 1 aliphatic rings. The van der Waals surface area contributed by atoms with Crippen LogP contribution in [0.4, 0.5) is 0 Å². The molecule has 0 amide bonds. The number of unbranched alkanes of at least 4 members (excludes halogenated alkanes) is 2. The van der Waals surface area contributed by atoms with Gasteiger partial charge in [-0.1, -0.05) is 45.4 Å². The molecule has 0 saturated heterocycles. The van der Waals surface area contributed by atoms with Crippen LogP contribution in [-0.4, -0.2) is 9.38 Å². The van der Waals surface area contributed by atoms with E-state index in [2.05, 4.69) is 11.9 Å². The molecular weight excluding hydrogens is 260 g/mol. The minimum Gasteiger partial charge on any atom is -0.346 e. The number of aryl methyl sites for hydroxylation is 1. The molecule has 2 aromatic rings. The normalized spacial score (nSPS) is 22.1. The Bertz CT molecular complexity index is 640. The van der Waals surface area contributed by atoms with Gasteiger partial charge >= 0.3 is 0 Å². The van der Waals surface area contributed by atoms with Crippen molar-refractivity contribution in [3.63, 3.8) is 0 Å². The first-order valence-corrected chi connectivity index (χ1v) is 8.42. The standard InChI is InChI=1S/C18H26N2O/c1-14-6-5-9-15(14)7-3-2-4-8-16-13-20-11-10-19-18(20)12-17(16)21/h10-15,19H,2-9H2,1H3/t14?,15-/m1/s1. The monoisotopic (exact) mass is 286 g/mol. The SMILES string of the molecule is CC1CCC[C@H]1CCCCCc1cn2cc[nH]c2cc1=O. The molecule has 0 spiro atoms. The van der Waals surface area contributed by atoms with Gasteiger partial charge in [-0.3, -0.25) is 4.79 Å². The molecule has 0 bridgehead atoms. The van der Waals surface area contributed by atoms with E-state index in [0.717, 1.165) is 35.9 Å². The van der Waals surface area contributed by atoms with E-state index >= 15 is 0 Å². The van der Waals surface area contributed by atoms with Gasteiger partial charge in [-0.25, -0.2) is 0 Å². The molecule has 1 unspecified atom stereocenters. The van der Waals surface area contributed by atoms with E-state index in [9.17, 15) is 4.79 Å². The van der Waals surface area contributed by atoms with Crippen LogP contribution in [0.25, 0.3) is 5.65 Å². The summed E-state index contributed by atoms with van der Waals surface area (Å²) in [6.45, 7) is 2.41. The average molecular weight is 286 g/mol. The Kier molecular flexibility index (Phi) is 4.47. The fraction of sp³-hybridized carbons (Fsp3) is 0.611. The van der Waals surface area contributed by atoms with Crippen LogP contribution in [-0.2, 0) is 6.42 Å². The minimum absolute atomic E-state index is 0.168. The number of hydrogen-bond donors (Lipinski definition) is 1. The molecule has 2 heterocycles. The number of nitrogens with zero attached hydrogens (tertiary/aromatic N) is 1. The number of pyridine rings is 1. The maximum atomic E-state index is 12.0. The molecular formula is C18H26N2O. The molecule has 1 fully saturated rings. The minimum atomic E-state index is 0.168. The maximum Gasteiger partial charge on any atom is 0.186 e. The third-order valence-corrected chi connectivity index (χ3v) is 5.18. The first-order valence-electron chi connectivity index (χ1n) is 8.42. The molecule has 3 rings (SSSR count). The summed E-state index contributed by atoms with van der Waals surface area (Å²) in [4.78, 5) is 15.1. The van der Waals surface area contributed by atoms with Gasteiger partial charge in [0.25, 0.3) is 0 Å². The second kappa shape index (κ2) is 6.50. The van der Waals surface area contributed by atoms with Crippen LogP contribution in [0, 0.1) is 11.8 Å². The Balaban J connectivity index is 1.46. The number of aromatic amines is 1. The van der Waals surface area contributed by atoms with Gasteiger partial charge in [0, 0.05) is 30.2 Å². The number of H-pyrrole nitrogens is 1. The van der Waals surface area contributed by atoms with Crippen molar-refractivity contribution in [3.05, 3.63) is 40.4 Å². The Morgan fingerprint density at radius 1 is 1.29 bits per heavy atom. The van der Waals surface area contributed by atoms with E-state index < -0.39 is 0 Å². The summed E-state index contributed by atoms with van der Waals surface area (Å²) >= 11 is 0. The van der Waals surface area contributed by atoms with Gasteiger partial charge in [-0.2, -0.15) is 0 Å². The lowest BCUT2D eigenvalue weighted by Gasteiger charge is -2.14. The van der Waals surface area contributed by atoms with E-state index in [0.29, 0.717) is 0 Å². The first kappa shape index (κ1) is 14.4. The van der Waals surface area contributed by atoms with E-state index in [1.807, 2.05) is 23.0 Å². The molecule has 0 aliphatic heterocycles. The molecule has 2 aromatic heterocycles. The molecule has 1 aliphatic carbocycles. The molecule has 21 heavy (non-hydrogen) atoms. The Morgan fingerprint density at radius 3 is 3.00 bits per heavy atom. The van der Waals surface area contributed by atoms with Crippen molar-refractivity contribution in [3.8, 4) is 0 Å². The predicted molar refractivity (Wildman–Crippen MR) is 86.7 cm³/mol. The fourth-order valence-corrected chi connectivity index (χ4v) is 3.77. The highest BCUT2D eigenvalue weighted by Crippen LogP contribution is 2.34. The van der Waals surface area contributed by atoms with Crippen molar-refractivity contribution in [2.75, 3.05) is 0 Å². The Morgan fingerprint density at radius 2 is 2.19 bits per heavy atom. The van der Waals surface area contributed by atoms with Crippen molar-refractivity contribution < 1.29 is 0 Å². The third kappa shape index (κ3) is 3.39.